The Kier molecular flexibility index (Phi) is 6.90. The molecule has 1 aromatic heterocycles. The summed E-state index contributed by atoms with van der Waals surface area (Å²) in [5.41, 5.74) is 0. The molecule has 2 atom stereocenters. The monoisotopic (exact) mass is 333 g/mol. The van der Waals surface area contributed by atoms with Crippen LogP contribution in [0.15, 0.2) is 36.9 Å². The normalized spacial score (nSPS) is 13.5. The van der Waals surface area contributed by atoms with Crippen molar-refractivity contribution in [2.75, 3.05) is 6.61 Å². The average Bonchev–Trinajstić information content (AvgIpc) is 3.12. The number of carbonyl (C=O) groups is 1. The summed E-state index contributed by atoms with van der Waals surface area (Å²) in [7, 11) is 0. The predicted octanol–water partition coefficient (Wildman–Crippen LogP) is 3.82. The maximum atomic E-state index is 13.5. The van der Waals surface area contributed by atoms with Crippen molar-refractivity contribution < 1.29 is 13.9 Å². The van der Waals surface area contributed by atoms with Crippen LogP contribution in [0.2, 0.25) is 0 Å². The second-order valence-corrected chi connectivity index (χ2v) is 5.88. The fourth-order valence-corrected chi connectivity index (χ4v) is 2.50. The van der Waals surface area contributed by atoms with E-state index in [1.807, 2.05) is 13.8 Å². The van der Waals surface area contributed by atoms with Gasteiger partial charge in [0.1, 0.15) is 18.7 Å². The molecule has 6 heteroatoms. The number of ketones is 1. The van der Waals surface area contributed by atoms with Crippen LogP contribution >= 0.6 is 0 Å². The first kappa shape index (κ1) is 18.1. The van der Waals surface area contributed by atoms with Gasteiger partial charge >= 0.3 is 0 Å². The molecule has 0 aliphatic rings. The third-order valence-electron chi connectivity index (χ3n) is 4.15. The van der Waals surface area contributed by atoms with E-state index in [1.54, 1.807) is 29.2 Å². The van der Waals surface area contributed by atoms with E-state index in [0.29, 0.717) is 13.0 Å². The lowest BCUT2D eigenvalue weighted by molar-refractivity contribution is -0.126. The molecule has 24 heavy (non-hydrogen) atoms. The Labute approximate surface area is 141 Å². The molecule has 0 saturated heterocycles. The van der Waals surface area contributed by atoms with Crippen LogP contribution in [-0.4, -0.2) is 27.2 Å². The van der Waals surface area contributed by atoms with Crippen LogP contribution in [0, 0.1) is 11.7 Å². The topological polar surface area (TPSA) is 57.0 Å². The zero-order valence-electron chi connectivity index (χ0n) is 14.2. The molecule has 2 aromatic rings. The Hall–Kier alpha value is -2.24. The van der Waals surface area contributed by atoms with Crippen LogP contribution in [-0.2, 0) is 4.79 Å². The van der Waals surface area contributed by atoms with Crippen LogP contribution in [0.25, 0.3) is 0 Å². The smallest absolute Gasteiger partial charge is 0.165 e. The number of hydrogen-bond donors (Lipinski definition) is 0. The largest absolute Gasteiger partial charge is 0.491 e. The fraction of sp³-hybridized carbons (Fsp3) is 0.500. The lowest BCUT2D eigenvalue weighted by Crippen LogP contribution is -2.25. The Bertz CT molecular complexity index is 631. The van der Waals surface area contributed by atoms with E-state index in [0.717, 1.165) is 19.3 Å². The zero-order valence-corrected chi connectivity index (χ0v) is 14.2. The van der Waals surface area contributed by atoms with Crippen molar-refractivity contribution in [3.8, 4) is 5.75 Å². The van der Waals surface area contributed by atoms with Gasteiger partial charge in [0.05, 0.1) is 6.61 Å². The van der Waals surface area contributed by atoms with Crippen LogP contribution in [0.5, 0.6) is 5.75 Å². The maximum absolute atomic E-state index is 13.5. The van der Waals surface area contributed by atoms with Gasteiger partial charge in [-0.25, -0.2) is 14.1 Å². The lowest BCUT2D eigenvalue weighted by Gasteiger charge is -2.19. The standard InChI is InChI=1S/C18H24FN3O2/c1-3-14(2)18(23)16(22-13-20-12-21-22)9-6-7-11-24-17-10-5-4-8-15(17)19/h4-5,8,10,12-14,16H,3,6-7,9,11H2,1-2H3. The fourth-order valence-electron chi connectivity index (χ4n) is 2.50. The molecule has 0 amide bonds. The lowest BCUT2D eigenvalue weighted by atomic mass is 9.94. The first-order valence-electron chi connectivity index (χ1n) is 8.38. The Morgan fingerprint density at radius 3 is 2.79 bits per heavy atom. The number of unbranched alkanes of at least 4 members (excludes halogenated alkanes) is 1. The van der Waals surface area contributed by atoms with Gasteiger partial charge in [-0.2, -0.15) is 5.10 Å². The van der Waals surface area contributed by atoms with Gasteiger partial charge in [0.25, 0.3) is 0 Å². The van der Waals surface area contributed by atoms with E-state index in [4.69, 9.17) is 4.74 Å². The quantitative estimate of drug-likeness (QED) is 0.620. The number of para-hydroxylation sites is 1. The number of ether oxygens (including phenoxy) is 1. The highest BCUT2D eigenvalue weighted by Crippen LogP contribution is 2.21. The molecule has 0 aliphatic heterocycles. The molecule has 2 rings (SSSR count). The zero-order chi connectivity index (χ0) is 17.4. The van der Waals surface area contributed by atoms with Crippen molar-refractivity contribution in [1.29, 1.82) is 0 Å². The molecule has 0 spiro atoms. The van der Waals surface area contributed by atoms with Gasteiger partial charge in [0, 0.05) is 5.92 Å². The van der Waals surface area contributed by atoms with Gasteiger partial charge in [-0.05, 0) is 37.8 Å². The van der Waals surface area contributed by atoms with Gasteiger partial charge in [0.15, 0.2) is 17.3 Å². The molecule has 130 valence electrons. The average molecular weight is 333 g/mol. The van der Waals surface area contributed by atoms with Crippen molar-refractivity contribution in [2.24, 2.45) is 5.92 Å². The van der Waals surface area contributed by atoms with Crippen molar-refractivity contribution in [2.45, 2.75) is 45.6 Å². The third kappa shape index (κ3) is 4.88. The first-order valence-corrected chi connectivity index (χ1v) is 8.38. The van der Waals surface area contributed by atoms with Gasteiger partial charge < -0.3 is 4.74 Å². The van der Waals surface area contributed by atoms with E-state index >= 15 is 0 Å². The second kappa shape index (κ2) is 9.15. The Morgan fingerprint density at radius 2 is 2.12 bits per heavy atom. The summed E-state index contributed by atoms with van der Waals surface area (Å²) in [5.74, 6) is 0.0813. The van der Waals surface area contributed by atoms with Gasteiger partial charge in [0.2, 0.25) is 0 Å². The predicted molar refractivity (Wildman–Crippen MR) is 89.3 cm³/mol. The number of halogens is 1. The maximum Gasteiger partial charge on any atom is 0.165 e. The second-order valence-electron chi connectivity index (χ2n) is 5.88. The minimum absolute atomic E-state index is 0.00568. The molecular weight excluding hydrogens is 309 g/mol. The van der Waals surface area contributed by atoms with Gasteiger partial charge in [-0.15, -0.1) is 0 Å². The highest BCUT2D eigenvalue weighted by molar-refractivity contribution is 5.84. The van der Waals surface area contributed by atoms with Crippen molar-refractivity contribution in [3.05, 3.63) is 42.7 Å². The summed E-state index contributed by atoms with van der Waals surface area (Å²) < 4.78 is 20.5. The first-order chi connectivity index (χ1) is 11.6. The minimum atomic E-state index is -0.357. The van der Waals surface area contributed by atoms with E-state index in [1.165, 1.54) is 12.4 Å². The summed E-state index contributed by atoms with van der Waals surface area (Å²) in [6, 6.07) is 6.06. The summed E-state index contributed by atoms with van der Waals surface area (Å²) in [4.78, 5) is 16.5. The Morgan fingerprint density at radius 1 is 1.33 bits per heavy atom. The number of hydrogen-bond acceptors (Lipinski definition) is 4. The van der Waals surface area contributed by atoms with E-state index < -0.39 is 0 Å². The van der Waals surface area contributed by atoms with E-state index in [2.05, 4.69) is 10.1 Å². The van der Waals surface area contributed by atoms with Gasteiger partial charge in [-0.3, -0.25) is 4.79 Å². The highest BCUT2D eigenvalue weighted by atomic mass is 19.1. The summed E-state index contributed by atoms with van der Waals surface area (Å²) in [5, 5.41) is 4.12. The number of rotatable bonds is 10. The minimum Gasteiger partial charge on any atom is -0.491 e. The highest BCUT2D eigenvalue weighted by Gasteiger charge is 2.24. The van der Waals surface area contributed by atoms with Crippen molar-refractivity contribution in [3.63, 3.8) is 0 Å². The van der Waals surface area contributed by atoms with E-state index in [9.17, 15) is 9.18 Å². The van der Waals surface area contributed by atoms with Crippen LogP contribution < -0.4 is 4.74 Å². The van der Waals surface area contributed by atoms with Crippen LogP contribution in [0.1, 0.15) is 45.6 Å². The molecule has 1 aromatic carbocycles. The third-order valence-corrected chi connectivity index (χ3v) is 4.15. The molecule has 1 heterocycles. The van der Waals surface area contributed by atoms with Crippen molar-refractivity contribution in [1.82, 2.24) is 14.8 Å². The van der Waals surface area contributed by atoms with E-state index in [-0.39, 0.29) is 29.3 Å². The molecular formula is C18H24FN3O2. The van der Waals surface area contributed by atoms with Crippen LogP contribution in [0.3, 0.4) is 0 Å². The van der Waals surface area contributed by atoms with Crippen molar-refractivity contribution >= 4 is 5.78 Å². The molecule has 0 N–H and O–H groups in total. The van der Waals surface area contributed by atoms with Crippen LogP contribution in [0.4, 0.5) is 4.39 Å². The molecule has 0 radical (unpaired) electrons. The van der Waals surface area contributed by atoms with Gasteiger partial charge in [-0.1, -0.05) is 26.0 Å². The molecule has 2 unspecified atom stereocenters. The molecule has 0 bridgehead atoms. The number of Topliss-reactive ketones (excluding diaryl/α,β-unsaturated/α-hetero) is 1. The molecule has 0 saturated carbocycles. The summed E-state index contributed by atoms with van der Waals surface area (Å²) in [6.07, 6.45) is 6.04. The summed E-state index contributed by atoms with van der Waals surface area (Å²) >= 11 is 0. The Balaban J connectivity index is 1.83. The number of benzene rings is 1. The molecule has 0 fully saturated rings. The number of carbonyl (C=O) groups excluding carboxylic acids is 1. The molecule has 5 nitrogen and oxygen atoms in total. The summed E-state index contributed by atoms with van der Waals surface area (Å²) in [6.45, 7) is 4.36. The molecule has 0 aliphatic carbocycles. The SMILES string of the molecule is CCC(C)C(=O)C(CCCCOc1ccccc1F)n1cncn1. The number of nitrogens with zero attached hydrogens (tertiary/aromatic N) is 3. The number of aromatic nitrogens is 3.